The topological polar surface area (TPSA) is 35.5 Å². The van der Waals surface area contributed by atoms with Gasteiger partial charge in [-0.1, -0.05) is 38.8 Å². The van der Waals surface area contributed by atoms with Gasteiger partial charge in [0.25, 0.3) is 0 Å². The largest absolute Gasteiger partial charge is 0.493 e. The highest BCUT2D eigenvalue weighted by Gasteiger charge is 2.20. The second kappa shape index (κ2) is 7.75. The van der Waals surface area contributed by atoms with Crippen molar-refractivity contribution in [3.63, 3.8) is 0 Å². The van der Waals surface area contributed by atoms with Crippen LogP contribution in [0.1, 0.15) is 39.5 Å². The summed E-state index contributed by atoms with van der Waals surface area (Å²) in [5.41, 5.74) is 0. The molecule has 1 rings (SSSR count). The van der Waals surface area contributed by atoms with Gasteiger partial charge in [0, 0.05) is 0 Å². The van der Waals surface area contributed by atoms with E-state index in [1.807, 2.05) is 12.1 Å². The lowest BCUT2D eigenvalue weighted by Gasteiger charge is -2.15. The van der Waals surface area contributed by atoms with Gasteiger partial charge < -0.3 is 9.47 Å². The summed E-state index contributed by atoms with van der Waals surface area (Å²) < 4.78 is 10.6. The fourth-order valence-electron chi connectivity index (χ4n) is 1.97. The number of para-hydroxylation sites is 2. The van der Waals surface area contributed by atoms with Gasteiger partial charge in [-0.3, -0.25) is 4.79 Å². The van der Waals surface area contributed by atoms with Crippen molar-refractivity contribution in [2.45, 2.75) is 39.5 Å². The highest BCUT2D eigenvalue weighted by Crippen LogP contribution is 2.27. The molecule has 18 heavy (non-hydrogen) atoms. The third kappa shape index (κ3) is 4.06. The Kier molecular flexibility index (Phi) is 6.26. The van der Waals surface area contributed by atoms with Crippen molar-refractivity contribution in [1.82, 2.24) is 0 Å². The predicted molar refractivity (Wildman–Crippen MR) is 71.9 cm³/mol. The van der Waals surface area contributed by atoms with Gasteiger partial charge in [0.1, 0.15) is 0 Å². The van der Waals surface area contributed by atoms with Crippen molar-refractivity contribution in [3.8, 4) is 11.5 Å². The number of ether oxygens (including phenoxy) is 2. The first-order valence-corrected chi connectivity index (χ1v) is 6.57. The van der Waals surface area contributed by atoms with Gasteiger partial charge in [0.05, 0.1) is 13.0 Å². The van der Waals surface area contributed by atoms with Gasteiger partial charge in [-0.2, -0.15) is 0 Å². The molecule has 0 saturated heterocycles. The highest BCUT2D eigenvalue weighted by molar-refractivity contribution is 5.75. The number of hydrogen-bond acceptors (Lipinski definition) is 3. The Bertz CT molecular complexity index is 368. The van der Waals surface area contributed by atoms with Crippen LogP contribution < -0.4 is 9.47 Å². The Balaban J connectivity index is 2.72. The van der Waals surface area contributed by atoms with Crippen LogP contribution in [-0.4, -0.2) is 13.1 Å². The smallest absolute Gasteiger partial charge is 0.314 e. The van der Waals surface area contributed by atoms with Crippen molar-refractivity contribution >= 4 is 5.97 Å². The maximum Gasteiger partial charge on any atom is 0.314 e. The molecule has 0 spiro atoms. The van der Waals surface area contributed by atoms with Crippen LogP contribution in [0.25, 0.3) is 0 Å². The van der Waals surface area contributed by atoms with Crippen molar-refractivity contribution in [2.24, 2.45) is 5.92 Å². The summed E-state index contributed by atoms with van der Waals surface area (Å²) in [7, 11) is 1.57. The molecule has 3 nitrogen and oxygen atoms in total. The van der Waals surface area contributed by atoms with E-state index in [4.69, 9.17) is 9.47 Å². The summed E-state index contributed by atoms with van der Waals surface area (Å²) >= 11 is 0. The molecular weight excluding hydrogens is 228 g/mol. The molecule has 0 aliphatic carbocycles. The van der Waals surface area contributed by atoms with Crippen LogP contribution in [-0.2, 0) is 4.79 Å². The maximum absolute atomic E-state index is 12.1. The van der Waals surface area contributed by atoms with E-state index in [1.165, 1.54) is 0 Å². The molecule has 0 N–H and O–H groups in total. The number of rotatable bonds is 7. The average molecular weight is 250 g/mol. The standard InChI is InChI=1S/C15H22O3/c1-4-8-12(9-5-2)15(16)18-14-11-7-6-10-13(14)17-3/h6-7,10-12H,4-5,8-9H2,1-3H3. The van der Waals surface area contributed by atoms with Crippen LogP contribution in [0.15, 0.2) is 24.3 Å². The summed E-state index contributed by atoms with van der Waals surface area (Å²) in [5, 5.41) is 0. The van der Waals surface area contributed by atoms with E-state index < -0.39 is 0 Å². The van der Waals surface area contributed by atoms with E-state index >= 15 is 0 Å². The zero-order valence-corrected chi connectivity index (χ0v) is 11.4. The monoisotopic (exact) mass is 250 g/mol. The molecule has 0 amide bonds. The minimum absolute atomic E-state index is 0.00934. The normalized spacial score (nSPS) is 10.4. The number of carbonyl (C=O) groups is 1. The van der Waals surface area contributed by atoms with E-state index in [1.54, 1.807) is 19.2 Å². The summed E-state index contributed by atoms with van der Waals surface area (Å²) in [6, 6.07) is 7.23. The fourth-order valence-corrected chi connectivity index (χ4v) is 1.97. The molecule has 0 fully saturated rings. The SMILES string of the molecule is CCCC(CCC)C(=O)Oc1ccccc1OC. The van der Waals surface area contributed by atoms with E-state index in [2.05, 4.69) is 13.8 Å². The predicted octanol–water partition coefficient (Wildman–Crippen LogP) is 3.82. The molecule has 0 heterocycles. The van der Waals surface area contributed by atoms with Crippen LogP contribution >= 0.6 is 0 Å². The quantitative estimate of drug-likeness (QED) is 0.545. The Labute approximate surface area is 109 Å². The first-order chi connectivity index (χ1) is 8.72. The summed E-state index contributed by atoms with van der Waals surface area (Å²) in [5.74, 6) is 0.938. The second-order valence-electron chi connectivity index (χ2n) is 4.35. The first kappa shape index (κ1) is 14.6. The molecule has 0 aliphatic heterocycles. The average Bonchev–Trinajstić information content (AvgIpc) is 2.39. The second-order valence-corrected chi connectivity index (χ2v) is 4.35. The van der Waals surface area contributed by atoms with E-state index in [0.29, 0.717) is 11.5 Å². The van der Waals surface area contributed by atoms with Crippen molar-refractivity contribution in [3.05, 3.63) is 24.3 Å². The molecule has 100 valence electrons. The van der Waals surface area contributed by atoms with E-state index in [0.717, 1.165) is 25.7 Å². The molecule has 0 aliphatic rings. The Hall–Kier alpha value is -1.51. The zero-order chi connectivity index (χ0) is 13.4. The molecule has 0 atom stereocenters. The molecule has 3 heteroatoms. The minimum Gasteiger partial charge on any atom is -0.493 e. The molecule has 0 unspecified atom stereocenters. The highest BCUT2D eigenvalue weighted by atomic mass is 16.6. The van der Waals surface area contributed by atoms with E-state index in [-0.39, 0.29) is 11.9 Å². The number of benzene rings is 1. The first-order valence-electron chi connectivity index (χ1n) is 6.57. The molecular formula is C15H22O3. The van der Waals surface area contributed by atoms with Crippen LogP contribution in [0.3, 0.4) is 0 Å². The third-order valence-corrected chi connectivity index (χ3v) is 2.89. The number of methoxy groups -OCH3 is 1. The van der Waals surface area contributed by atoms with Gasteiger partial charge in [-0.15, -0.1) is 0 Å². The van der Waals surface area contributed by atoms with Crippen LogP contribution in [0.5, 0.6) is 11.5 Å². The summed E-state index contributed by atoms with van der Waals surface area (Å²) in [6.07, 6.45) is 3.74. The van der Waals surface area contributed by atoms with Crippen molar-refractivity contribution in [2.75, 3.05) is 7.11 Å². The molecule has 0 bridgehead atoms. The summed E-state index contributed by atoms with van der Waals surface area (Å²) in [4.78, 5) is 12.1. The minimum atomic E-state index is -0.150. The number of hydrogen-bond donors (Lipinski definition) is 0. The molecule has 0 radical (unpaired) electrons. The molecule has 0 saturated carbocycles. The van der Waals surface area contributed by atoms with Crippen molar-refractivity contribution < 1.29 is 14.3 Å². The Morgan fingerprint density at radius 3 is 2.17 bits per heavy atom. The zero-order valence-electron chi connectivity index (χ0n) is 11.4. The van der Waals surface area contributed by atoms with Crippen LogP contribution in [0, 0.1) is 5.92 Å². The lowest BCUT2D eigenvalue weighted by Crippen LogP contribution is -2.20. The van der Waals surface area contributed by atoms with Crippen molar-refractivity contribution in [1.29, 1.82) is 0 Å². The lowest BCUT2D eigenvalue weighted by molar-refractivity contribution is -0.139. The fraction of sp³-hybridized carbons (Fsp3) is 0.533. The Morgan fingerprint density at radius 1 is 1.11 bits per heavy atom. The van der Waals surface area contributed by atoms with Gasteiger partial charge >= 0.3 is 5.97 Å². The van der Waals surface area contributed by atoms with Gasteiger partial charge in [0.15, 0.2) is 11.5 Å². The van der Waals surface area contributed by atoms with Gasteiger partial charge in [0.2, 0.25) is 0 Å². The number of esters is 1. The Morgan fingerprint density at radius 2 is 1.67 bits per heavy atom. The molecule has 0 aromatic heterocycles. The van der Waals surface area contributed by atoms with Crippen LogP contribution in [0.4, 0.5) is 0 Å². The summed E-state index contributed by atoms with van der Waals surface area (Å²) in [6.45, 7) is 4.16. The molecule has 1 aromatic carbocycles. The van der Waals surface area contributed by atoms with Gasteiger partial charge in [-0.05, 0) is 25.0 Å². The maximum atomic E-state index is 12.1. The van der Waals surface area contributed by atoms with E-state index in [9.17, 15) is 4.79 Å². The van der Waals surface area contributed by atoms with Gasteiger partial charge in [-0.25, -0.2) is 0 Å². The molecule has 1 aromatic rings. The lowest BCUT2D eigenvalue weighted by atomic mass is 9.99. The third-order valence-electron chi connectivity index (χ3n) is 2.89. The number of carbonyl (C=O) groups excluding carboxylic acids is 1. The van der Waals surface area contributed by atoms with Crippen LogP contribution in [0.2, 0.25) is 0 Å².